The number of hydrogen-bond donors (Lipinski definition) is 0. The third-order valence-corrected chi connectivity index (χ3v) is 3.14. The molecule has 6 heteroatoms. The van der Waals surface area contributed by atoms with Crippen LogP contribution in [0.5, 0.6) is 0 Å². The summed E-state index contributed by atoms with van der Waals surface area (Å²) in [6.45, 7) is 0.338. The minimum absolute atomic E-state index is 0.0645. The van der Waals surface area contributed by atoms with Crippen molar-refractivity contribution in [2.24, 2.45) is 0 Å². The van der Waals surface area contributed by atoms with Crippen LogP contribution in [0.1, 0.15) is 0 Å². The second-order valence-electron chi connectivity index (χ2n) is 3.24. The van der Waals surface area contributed by atoms with Gasteiger partial charge in [-0.2, -0.15) is 0 Å². The van der Waals surface area contributed by atoms with Crippen LogP contribution >= 0.6 is 11.3 Å². The molecule has 16 heavy (non-hydrogen) atoms. The molecule has 2 heterocycles. The normalized spacial score (nSPS) is 11.4. The Bertz CT molecular complexity index is 530. The van der Waals surface area contributed by atoms with Crippen molar-refractivity contribution in [3.63, 3.8) is 0 Å². The molecule has 2 aromatic rings. The Balaban J connectivity index is 2.37. The van der Waals surface area contributed by atoms with E-state index in [1.54, 1.807) is 6.07 Å². The maximum atomic E-state index is 12.0. The zero-order valence-corrected chi connectivity index (χ0v) is 9.86. The Morgan fingerprint density at radius 3 is 2.94 bits per heavy atom. The van der Waals surface area contributed by atoms with Crippen LogP contribution in [0, 0.1) is 0 Å². The molecule has 0 N–H and O–H groups in total. The van der Waals surface area contributed by atoms with E-state index in [0.717, 1.165) is 4.83 Å². The molecule has 0 aliphatic rings. The summed E-state index contributed by atoms with van der Waals surface area (Å²) in [6.07, 6.45) is 1.09. The van der Waals surface area contributed by atoms with E-state index < -0.39 is 6.29 Å². The molecule has 5 nitrogen and oxygen atoms in total. The third kappa shape index (κ3) is 1.99. The first-order valence-corrected chi connectivity index (χ1v) is 5.62. The van der Waals surface area contributed by atoms with Gasteiger partial charge >= 0.3 is 0 Å². The predicted molar refractivity (Wildman–Crippen MR) is 61.7 cm³/mol. The second-order valence-corrected chi connectivity index (χ2v) is 4.14. The fourth-order valence-electron chi connectivity index (χ4n) is 1.43. The molecule has 0 saturated carbocycles. The predicted octanol–water partition coefficient (Wildman–Crippen LogP) is 1.08. The number of thiophene rings is 1. The van der Waals surface area contributed by atoms with Gasteiger partial charge in [0.15, 0.2) is 6.29 Å². The van der Waals surface area contributed by atoms with Crippen molar-refractivity contribution in [2.75, 3.05) is 14.2 Å². The highest BCUT2D eigenvalue weighted by molar-refractivity contribution is 7.16. The highest BCUT2D eigenvalue weighted by Crippen LogP contribution is 2.13. The molecule has 0 aromatic carbocycles. The average Bonchev–Trinajstić information content (AvgIpc) is 2.77. The van der Waals surface area contributed by atoms with Gasteiger partial charge in [-0.15, -0.1) is 11.3 Å². The van der Waals surface area contributed by atoms with Crippen LogP contribution < -0.4 is 5.56 Å². The van der Waals surface area contributed by atoms with Gasteiger partial charge in [0.1, 0.15) is 4.83 Å². The van der Waals surface area contributed by atoms with Crippen LogP contribution in [0.15, 0.2) is 22.6 Å². The number of aromatic nitrogens is 2. The van der Waals surface area contributed by atoms with Crippen LogP contribution in [0.3, 0.4) is 0 Å². The molecule has 0 unspecified atom stereocenters. The lowest BCUT2D eigenvalue weighted by Crippen LogP contribution is -2.28. The Morgan fingerprint density at radius 2 is 2.25 bits per heavy atom. The lowest BCUT2D eigenvalue weighted by molar-refractivity contribution is -0.111. The van der Waals surface area contributed by atoms with Crippen molar-refractivity contribution in [3.8, 4) is 0 Å². The Kier molecular flexibility index (Phi) is 3.33. The smallest absolute Gasteiger partial charge is 0.262 e. The van der Waals surface area contributed by atoms with E-state index >= 15 is 0 Å². The van der Waals surface area contributed by atoms with Gasteiger partial charge in [-0.3, -0.25) is 9.36 Å². The molecule has 0 bridgehead atoms. The van der Waals surface area contributed by atoms with Crippen molar-refractivity contribution in [1.82, 2.24) is 9.55 Å². The highest BCUT2D eigenvalue weighted by Gasteiger charge is 2.10. The van der Waals surface area contributed by atoms with Crippen LogP contribution in [-0.2, 0) is 16.0 Å². The first kappa shape index (κ1) is 11.3. The molecule has 0 fully saturated rings. The molecular weight excluding hydrogens is 228 g/mol. The van der Waals surface area contributed by atoms with Gasteiger partial charge < -0.3 is 9.47 Å². The van der Waals surface area contributed by atoms with E-state index in [2.05, 4.69) is 4.98 Å². The molecule has 0 amide bonds. The van der Waals surface area contributed by atoms with E-state index in [9.17, 15) is 4.79 Å². The van der Waals surface area contributed by atoms with E-state index in [1.165, 1.54) is 36.5 Å². The van der Waals surface area contributed by atoms with Crippen molar-refractivity contribution in [1.29, 1.82) is 0 Å². The number of rotatable bonds is 4. The number of ether oxygens (including phenoxy) is 2. The molecule has 0 aliphatic heterocycles. The van der Waals surface area contributed by atoms with Crippen molar-refractivity contribution < 1.29 is 9.47 Å². The van der Waals surface area contributed by atoms with E-state index in [-0.39, 0.29) is 5.56 Å². The molecule has 0 atom stereocenters. The third-order valence-electron chi connectivity index (χ3n) is 2.32. The van der Waals surface area contributed by atoms with Crippen LogP contribution in [0.2, 0.25) is 0 Å². The largest absolute Gasteiger partial charge is 0.354 e. The van der Waals surface area contributed by atoms with Crippen molar-refractivity contribution in [2.45, 2.75) is 12.8 Å². The van der Waals surface area contributed by atoms with E-state index in [1.807, 2.05) is 5.38 Å². The molecule has 0 saturated heterocycles. The molecule has 86 valence electrons. The maximum absolute atomic E-state index is 12.0. The van der Waals surface area contributed by atoms with E-state index in [4.69, 9.17) is 9.47 Å². The second kappa shape index (κ2) is 4.73. The summed E-state index contributed by atoms with van der Waals surface area (Å²) in [7, 11) is 3.07. The summed E-state index contributed by atoms with van der Waals surface area (Å²) in [5.41, 5.74) is -0.0645. The highest BCUT2D eigenvalue weighted by atomic mass is 32.1. The number of hydrogen-bond acceptors (Lipinski definition) is 5. The lowest BCUT2D eigenvalue weighted by atomic mass is 10.4. The minimum Gasteiger partial charge on any atom is -0.354 e. The monoisotopic (exact) mass is 240 g/mol. The Hall–Kier alpha value is -1.24. The quantitative estimate of drug-likeness (QED) is 0.750. The van der Waals surface area contributed by atoms with Gasteiger partial charge in [0.25, 0.3) is 5.56 Å². The van der Waals surface area contributed by atoms with Crippen LogP contribution in [-0.4, -0.2) is 30.1 Å². The van der Waals surface area contributed by atoms with Crippen molar-refractivity contribution in [3.05, 3.63) is 28.1 Å². The summed E-state index contributed by atoms with van der Waals surface area (Å²) >= 11 is 1.45. The van der Waals surface area contributed by atoms with Gasteiger partial charge in [-0.1, -0.05) is 0 Å². The van der Waals surface area contributed by atoms with Gasteiger partial charge in [-0.25, -0.2) is 4.98 Å². The molecule has 2 aromatic heterocycles. The van der Waals surface area contributed by atoms with Crippen molar-refractivity contribution >= 4 is 21.6 Å². The van der Waals surface area contributed by atoms with Crippen LogP contribution in [0.25, 0.3) is 10.2 Å². The van der Waals surface area contributed by atoms with Gasteiger partial charge in [0, 0.05) is 14.2 Å². The summed E-state index contributed by atoms with van der Waals surface area (Å²) in [5.74, 6) is 0. The standard InChI is InChI=1S/C10H12N2O3S/c1-14-8(15-2)5-12-6-11-9-7(10(12)13)3-4-16-9/h3-4,6,8H,5H2,1-2H3. The molecule has 0 radical (unpaired) electrons. The summed E-state index contributed by atoms with van der Waals surface area (Å²) in [6, 6.07) is 1.78. The lowest BCUT2D eigenvalue weighted by Gasteiger charge is -2.14. The molecule has 0 spiro atoms. The Labute approximate surface area is 96.3 Å². The fourth-order valence-corrected chi connectivity index (χ4v) is 2.15. The summed E-state index contributed by atoms with van der Waals surface area (Å²) < 4.78 is 11.6. The molecule has 0 aliphatic carbocycles. The van der Waals surface area contributed by atoms with E-state index in [0.29, 0.717) is 11.9 Å². The minimum atomic E-state index is -0.435. The van der Waals surface area contributed by atoms with Gasteiger partial charge in [-0.05, 0) is 11.4 Å². The zero-order chi connectivity index (χ0) is 11.5. The first-order chi connectivity index (χ1) is 7.76. The Morgan fingerprint density at radius 1 is 1.50 bits per heavy atom. The topological polar surface area (TPSA) is 53.4 Å². The number of methoxy groups -OCH3 is 2. The van der Waals surface area contributed by atoms with Gasteiger partial charge in [0.2, 0.25) is 0 Å². The molecular formula is C10H12N2O3S. The summed E-state index contributed by atoms with van der Waals surface area (Å²) in [5, 5.41) is 2.49. The fraction of sp³-hybridized carbons (Fsp3) is 0.400. The molecule has 2 rings (SSSR count). The maximum Gasteiger partial charge on any atom is 0.262 e. The number of fused-ring (bicyclic) bond motifs is 1. The van der Waals surface area contributed by atoms with Gasteiger partial charge in [0.05, 0.1) is 18.3 Å². The summed E-state index contributed by atoms with van der Waals surface area (Å²) in [4.78, 5) is 16.9. The zero-order valence-electron chi connectivity index (χ0n) is 9.04. The average molecular weight is 240 g/mol. The number of nitrogens with zero attached hydrogens (tertiary/aromatic N) is 2. The SMILES string of the molecule is COC(Cn1cnc2sccc2c1=O)OC. The van der Waals surface area contributed by atoms with Crippen LogP contribution in [0.4, 0.5) is 0 Å². The first-order valence-electron chi connectivity index (χ1n) is 4.74.